The van der Waals surface area contributed by atoms with E-state index >= 15 is 0 Å². The molecule has 0 fully saturated rings. The van der Waals surface area contributed by atoms with E-state index in [0.29, 0.717) is 12.4 Å². The first kappa shape index (κ1) is 26.8. The van der Waals surface area contributed by atoms with E-state index in [1.54, 1.807) is 0 Å². The zero-order valence-electron chi connectivity index (χ0n) is 21.8. The molecule has 1 aliphatic rings. The van der Waals surface area contributed by atoms with Gasteiger partial charge in [0.15, 0.2) is 0 Å². The van der Waals surface area contributed by atoms with Gasteiger partial charge in [0.05, 0.1) is 17.9 Å². The summed E-state index contributed by atoms with van der Waals surface area (Å²) in [6.45, 7) is 6.98. The van der Waals surface area contributed by atoms with Crippen molar-refractivity contribution in [3.8, 4) is 22.6 Å². The van der Waals surface area contributed by atoms with Crippen molar-refractivity contribution in [2.75, 3.05) is 19.1 Å². The topological polar surface area (TPSA) is 38.7 Å². The molecule has 4 aromatic rings. The van der Waals surface area contributed by atoms with Crippen LogP contribution in [-0.4, -0.2) is 30.3 Å². The summed E-state index contributed by atoms with van der Waals surface area (Å²) >= 11 is 5.71. The first-order valence-corrected chi connectivity index (χ1v) is 13.6. The molecule has 1 unspecified atom stereocenters. The predicted molar refractivity (Wildman–Crippen MR) is 153 cm³/mol. The van der Waals surface area contributed by atoms with Gasteiger partial charge in [0.25, 0.3) is 0 Å². The Labute approximate surface area is 225 Å². The predicted octanol–water partition coefficient (Wildman–Crippen LogP) is 7.84. The molecule has 0 bridgehead atoms. The second kappa shape index (κ2) is 12.3. The lowest BCUT2D eigenvalue weighted by molar-refractivity contribution is 0.125. The SMILES string of the molecule is CC.CCCOc1ccc(C2(c3ccc(OCC(O)CCl)cc3)c3ccccc3-c3ccccc32)cc1. The molecule has 0 aliphatic heterocycles. The second-order valence-corrected chi connectivity index (χ2v) is 9.17. The fourth-order valence-corrected chi connectivity index (χ4v) is 5.17. The van der Waals surface area contributed by atoms with Gasteiger partial charge in [0.2, 0.25) is 0 Å². The Hall–Kier alpha value is -3.27. The Kier molecular flexibility index (Phi) is 8.91. The van der Waals surface area contributed by atoms with E-state index in [9.17, 15) is 5.11 Å². The van der Waals surface area contributed by atoms with Crippen molar-refractivity contribution in [3.05, 3.63) is 119 Å². The molecule has 0 amide bonds. The molecule has 1 aliphatic carbocycles. The molecule has 192 valence electrons. The van der Waals surface area contributed by atoms with Crippen molar-refractivity contribution in [2.45, 2.75) is 38.7 Å². The molecule has 0 heterocycles. The molecular formula is C33H35ClO3. The average Bonchev–Trinajstić information content (AvgIpc) is 3.27. The van der Waals surface area contributed by atoms with Crippen molar-refractivity contribution < 1.29 is 14.6 Å². The number of rotatable bonds is 9. The van der Waals surface area contributed by atoms with E-state index in [1.165, 1.54) is 27.8 Å². The van der Waals surface area contributed by atoms with E-state index in [2.05, 4.69) is 91.9 Å². The van der Waals surface area contributed by atoms with E-state index in [-0.39, 0.29) is 12.5 Å². The van der Waals surface area contributed by atoms with E-state index in [0.717, 1.165) is 17.7 Å². The third-order valence-corrected chi connectivity index (χ3v) is 6.98. The van der Waals surface area contributed by atoms with Crippen LogP contribution in [0.5, 0.6) is 11.5 Å². The Balaban J connectivity index is 0.00000156. The van der Waals surface area contributed by atoms with Crippen molar-refractivity contribution >= 4 is 11.6 Å². The van der Waals surface area contributed by atoms with Gasteiger partial charge in [0.1, 0.15) is 24.2 Å². The molecule has 0 aromatic heterocycles. The van der Waals surface area contributed by atoms with Gasteiger partial charge in [-0.1, -0.05) is 93.6 Å². The van der Waals surface area contributed by atoms with Gasteiger partial charge in [0, 0.05) is 0 Å². The van der Waals surface area contributed by atoms with Crippen LogP contribution in [0, 0.1) is 0 Å². The standard InChI is InChI=1S/C31H29ClO3.C2H6/c1-2-19-34-25-15-11-22(12-16-25)31(23-13-17-26(18-14-23)35-21-24(33)20-32)29-9-5-3-7-27(29)28-8-4-6-10-30(28)31;1-2/h3-18,24,33H,2,19-21H2,1H3;1-2H3. The van der Waals surface area contributed by atoms with Gasteiger partial charge < -0.3 is 14.6 Å². The number of fused-ring (bicyclic) bond motifs is 3. The number of benzene rings is 4. The fraction of sp³-hybridized carbons (Fsp3) is 0.273. The molecule has 3 nitrogen and oxygen atoms in total. The molecule has 4 heteroatoms. The summed E-state index contributed by atoms with van der Waals surface area (Å²) in [6, 6.07) is 34.0. The minimum absolute atomic E-state index is 0.146. The van der Waals surface area contributed by atoms with Crippen LogP contribution in [0.1, 0.15) is 49.4 Å². The smallest absolute Gasteiger partial charge is 0.119 e. The molecule has 4 aromatic carbocycles. The van der Waals surface area contributed by atoms with Gasteiger partial charge in [-0.15, -0.1) is 11.6 Å². The maximum Gasteiger partial charge on any atom is 0.119 e. The summed E-state index contributed by atoms with van der Waals surface area (Å²) in [6.07, 6.45) is 0.285. The Morgan fingerprint density at radius 2 is 1.16 bits per heavy atom. The number of alkyl halides is 1. The minimum Gasteiger partial charge on any atom is -0.494 e. The highest BCUT2D eigenvalue weighted by atomic mass is 35.5. The van der Waals surface area contributed by atoms with Crippen molar-refractivity contribution in [3.63, 3.8) is 0 Å². The number of aliphatic hydroxyl groups excluding tert-OH is 1. The number of ether oxygens (including phenoxy) is 2. The lowest BCUT2D eigenvalue weighted by Gasteiger charge is -2.34. The summed E-state index contributed by atoms with van der Waals surface area (Å²) in [5.41, 5.74) is 6.89. The second-order valence-electron chi connectivity index (χ2n) is 8.86. The third kappa shape index (κ3) is 5.12. The molecule has 5 rings (SSSR count). The van der Waals surface area contributed by atoms with Gasteiger partial charge in [-0.25, -0.2) is 0 Å². The van der Waals surface area contributed by atoms with Crippen LogP contribution < -0.4 is 9.47 Å². The van der Waals surface area contributed by atoms with Gasteiger partial charge >= 0.3 is 0 Å². The first-order valence-electron chi connectivity index (χ1n) is 13.1. The molecule has 1 N–H and O–H groups in total. The van der Waals surface area contributed by atoms with Crippen molar-refractivity contribution in [2.24, 2.45) is 0 Å². The zero-order chi connectivity index (χ0) is 26.3. The minimum atomic E-state index is -0.690. The van der Waals surface area contributed by atoms with Crippen LogP contribution in [0.25, 0.3) is 11.1 Å². The highest BCUT2D eigenvalue weighted by Gasteiger charge is 2.45. The molecule has 0 saturated heterocycles. The Bertz CT molecular complexity index is 1240. The fourth-order valence-electron chi connectivity index (χ4n) is 5.08. The number of hydrogen-bond acceptors (Lipinski definition) is 3. The van der Waals surface area contributed by atoms with Crippen LogP contribution >= 0.6 is 11.6 Å². The first-order chi connectivity index (χ1) is 18.2. The molecule has 37 heavy (non-hydrogen) atoms. The third-order valence-electron chi connectivity index (χ3n) is 6.62. The number of hydrogen-bond donors (Lipinski definition) is 1. The van der Waals surface area contributed by atoms with Crippen LogP contribution in [0.4, 0.5) is 0 Å². The maximum atomic E-state index is 9.76. The largest absolute Gasteiger partial charge is 0.494 e. The lowest BCUT2D eigenvalue weighted by atomic mass is 9.68. The van der Waals surface area contributed by atoms with E-state index < -0.39 is 11.5 Å². The summed E-state index contributed by atoms with van der Waals surface area (Å²) in [5.74, 6) is 1.73. The molecule has 0 spiro atoms. The van der Waals surface area contributed by atoms with E-state index in [4.69, 9.17) is 21.1 Å². The van der Waals surface area contributed by atoms with Crippen LogP contribution in [0.3, 0.4) is 0 Å². The summed E-state index contributed by atoms with van der Waals surface area (Å²) in [5, 5.41) is 9.76. The van der Waals surface area contributed by atoms with Gasteiger partial charge in [-0.2, -0.15) is 0 Å². The normalized spacial score (nSPS) is 13.5. The quantitative estimate of drug-likeness (QED) is 0.203. The van der Waals surface area contributed by atoms with Gasteiger partial charge in [-0.05, 0) is 64.1 Å². The van der Waals surface area contributed by atoms with E-state index in [1.807, 2.05) is 26.0 Å². The Morgan fingerprint density at radius 1 is 0.703 bits per heavy atom. The maximum absolute atomic E-state index is 9.76. The number of aliphatic hydroxyl groups is 1. The number of halogens is 1. The molecule has 0 saturated carbocycles. The van der Waals surface area contributed by atoms with Crippen LogP contribution in [-0.2, 0) is 5.41 Å². The summed E-state index contributed by atoms with van der Waals surface area (Å²) in [7, 11) is 0. The Morgan fingerprint density at radius 3 is 1.62 bits per heavy atom. The van der Waals surface area contributed by atoms with Crippen molar-refractivity contribution in [1.29, 1.82) is 0 Å². The van der Waals surface area contributed by atoms with Gasteiger partial charge in [-0.3, -0.25) is 0 Å². The summed E-state index contributed by atoms with van der Waals surface area (Å²) < 4.78 is 11.6. The summed E-state index contributed by atoms with van der Waals surface area (Å²) in [4.78, 5) is 0. The lowest BCUT2D eigenvalue weighted by Crippen LogP contribution is -2.28. The monoisotopic (exact) mass is 514 g/mol. The van der Waals surface area contributed by atoms with Crippen LogP contribution in [0.2, 0.25) is 0 Å². The molecular weight excluding hydrogens is 480 g/mol. The molecule has 1 atom stereocenters. The highest BCUT2D eigenvalue weighted by Crippen LogP contribution is 2.56. The average molecular weight is 515 g/mol. The highest BCUT2D eigenvalue weighted by molar-refractivity contribution is 6.18. The van der Waals surface area contributed by atoms with Crippen molar-refractivity contribution in [1.82, 2.24) is 0 Å². The van der Waals surface area contributed by atoms with Crippen LogP contribution in [0.15, 0.2) is 97.1 Å². The molecule has 0 radical (unpaired) electrons. The zero-order valence-corrected chi connectivity index (χ0v) is 22.5.